The molecule has 5 nitrogen and oxygen atoms in total. The predicted octanol–water partition coefficient (Wildman–Crippen LogP) is 2.07. The molecule has 116 valence electrons. The maximum Gasteiger partial charge on any atom is 0.306 e. The third kappa shape index (κ3) is 5.47. The van der Waals surface area contributed by atoms with Crippen LogP contribution in [0.25, 0.3) is 0 Å². The van der Waals surface area contributed by atoms with E-state index in [2.05, 4.69) is 5.32 Å². The van der Waals surface area contributed by atoms with Crippen molar-refractivity contribution < 1.29 is 19.4 Å². The Morgan fingerprint density at radius 1 is 1.33 bits per heavy atom. The molecule has 0 aromatic carbocycles. The van der Waals surface area contributed by atoms with Gasteiger partial charge in [-0.1, -0.05) is 6.07 Å². The second-order valence-corrected chi connectivity index (χ2v) is 6.33. The first-order valence-corrected chi connectivity index (χ1v) is 8.16. The van der Waals surface area contributed by atoms with Crippen LogP contribution < -0.4 is 5.32 Å². The third-order valence-corrected chi connectivity index (χ3v) is 4.68. The van der Waals surface area contributed by atoms with Gasteiger partial charge in [0, 0.05) is 11.4 Å². The van der Waals surface area contributed by atoms with Gasteiger partial charge < -0.3 is 15.2 Å². The minimum atomic E-state index is -0.722. The molecule has 21 heavy (non-hydrogen) atoms. The number of rotatable bonds is 7. The van der Waals surface area contributed by atoms with E-state index in [-0.39, 0.29) is 24.5 Å². The number of nitrogens with one attached hydrogen (secondary N) is 1. The van der Waals surface area contributed by atoms with Crippen LogP contribution in [-0.4, -0.2) is 36.2 Å². The van der Waals surface area contributed by atoms with Gasteiger partial charge in [-0.2, -0.15) is 0 Å². The van der Waals surface area contributed by atoms with Crippen molar-refractivity contribution in [1.82, 2.24) is 5.32 Å². The molecule has 2 N–H and O–H groups in total. The number of amides is 1. The zero-order valence-corrected chi connectivity index (χ0v) is 12.7. The molecule has 1 aliphatic carbocycles. The van der Waals surface area contributed by atoms with Crippen molar-refractivity contribution in [3.63, 3.8) is 0 Å². The molecular formula is C15H21NO4S. The van der Waals surface area contributed by atoms with Crippen molar-refractivity contribution in [1.29, 1.82) is 0 Å². The van der Waals surface area contributed by atoms with E-state index in [1.807, 2.05) is 17.5 Å². The lowest BCUT2D eigenvalue weighted by Gasteiger charge is -2.25. The SMILES string of the molecule is O=C(COC1CCC(C(=O)O)CC1)NCCc1cccs1. The normalized spacial score (nSPS) is 21.9. The van der Waals surface area contributed by atoms with Crippen LogP contribution in [0.3, 0.4) is 0 Å². The number of thiophene rings is 1. The maximum atomic E-state index is 11.7. The van der Waals surface area contributed by atoms with E-state index in [0.717, 1.165) is 19.3 Å². The van der Waals surface area contributed by atoms with Crippen LogP contribution in [0, 0.1) is 5.92 Å². The summed E-state index contributed by atoms with van der Waals surface area (Å²) >= 11 is 1.68. The second kappa shape index (κ2) is 8.14. The first-order chi connectivity index (χ1) is 10.1. The van der Waals surface area contributed by atoms with Crippen molar-refractivity contribution in [2.24, 2.45) is 5.92 Å². The number of aliphatic carboxylic acids is 1. The van der Waals surface area contributed by atoms with Gasteiger partial charge in [0.15, 0.2) is 0 Å². The molecule has 1 saturated carbocycles. The minimum absolute atomic E-state index is 0.0173. The van der Waals surface area contributed by atoms with E-state index in [1.54, 1.807) is 11.3 Å². The van der Waals surface area contributed by atoms with Gasteiger partial charge in [-0.05, 0) is 43.6 Å². The van der Waals surface area contributed by atoms with Crippen molar-refractivity contribution in [2.45, 2.75) is 38.2 Å². The molecule has 1 aliphatic rings. The molecule has 0 bridgehead atoms. The molecule has 1 fully saturated rings. The lowest BCUT2D eigenvalue weighted by atomic mass is 9.87. The molecule has 1 aromatic rings. The summed E-state index contributed by atoms with van der Waals surface area (Å²) in [7, 11) is 0. The number of hydrogen-bond acceptors (Lipinski definition) is 4. The first-order valence-electron chi connectivity index (χ1n) is 7.28. The van der Waals surface area contributed by atoms with Gasteiger partial charge in [0.05, 0.1) is 12.0 Å². The topological polar surface area (TPSA) is 75.6 Å². The standard InChI is InChI=1S/C15H21NO4S/c17-14(16-8-7-13-2-1-9-21-13)10-20-12-5-3-11(4-6-12)15(18)19/h1-2,9,11-12H,3-8,10H2,(H,16,17)(H,18,19). The van der Waals surface area contributed by atoms with E-state index in [1.165, 1.54) is 4.88 Å². The fourth-order valence-electron chi connectivity index (χ4n) is 2.50. The van der Waals surface area contributed by atoms with Gasteiger partial charge in [-0.15, -0.1) is 11.3 Å². The second-order valence-electron chi connectivity index (χ2n) is 5.30. The number of carbonyl (C=O) groups is 2. The van der Waals surface area contributed by atoms with Crippen LogP contribution in [0.1, 0.15) is 30.6 Å². The van der Waals surface area contributed by atoms with E-state index in [4.69, 9.17) is 9.84 Å². The van der Waals surface area contributed by atoms with Gasteiger partial charge in [-0.25, -0.2) is 0 Å². The number of carboxylic acids is 1. The highest BCUT2D eigenvalue weighted by Crippen LogP contribution is 2.26. The monoisotopic (exact) mass is 311 g/mol. The van der Waals surface area contributed by atoms with Crippen LogP contribution in [0.5, 0.6) is 0 Å². The molecule has 2 rings (SSSR count). The van der Waals surface area contributed by atoms with Crippen molar-refractivity contribution in [3.05, 3.63) is 22.4 Å². The third-order valence-electron chi connectivity index (χ3n) is 3.75. The van der Waals surface area contributed by atoms with E-state index in [9.17, 15) is 9.59 Å². The Bertz CT molecular complexity index is 452. The average Bonchev–Trinajstić information content (AvgIpc) is 2.99. The Balaban J connectivity index is 1.56. The molecule has 1 amide bonds. The fourth-order valence-corrected chi connectivity index (χ4v) is 3.21. The summed E-state index contributed by atoms with van der Waals surface area (Å²) in [5, 5.41) is 13.8. The van der Waals surface area contributed by atoms with Gasteiger partial charge >= 0.3 is 5.97 Å². The summed E-state index contributed by atoms with van der Waals surface area (Å²) in [6, 6.07) is 4.05. The fraction of sp³-hybridized carbons (Fsp3) is 0.600. The van der Waals surface area contributed by atoms with Crippen molar-refractivity contribution in [2.75, 3.05) is 13.2 Å². The van der Waals surface area contributed by atoms with Crippen LogP contribution in [0.15, 0.2) is 17.5 Å². The highest BCUT2D eigenvalue weighted by Gasteiger charge is 2.26. The highest BCUT2D eigenvalue weighted by molar-refractivity contribution is 7.09. The highest BCUT2D eigenvalue weighted by atomic mass is 32.1. The summed E-state index contributed by atoms with van der Waals surface area (Å²) < 4.78 is 5.56. The Kier molecular flexibility index (Phi) is 6.20. The lowest BCUT2D eigenvalue weighted by molar-refractivity contribution is -0.144. The predicted molar refractivity (Wildman–Crippen MR) is 80.4 cm³/mol. The summed E-state index contributed by atoms with van der Waals surface area (Å²) in [6.07, 6.45) is 3.58. The van der Waals surface area contributed by atoms with Crippen molar-refractivity contribution >= 4 is 23.2 Å². The molecule has 0 radical (unpaired) electrons. The molecule has 0 unspecified atom stereocenters. The van der Waals surface area contributed by atoms with E-state index < -0.39 is 5.97 Å². The number of carbonyl (C=O) groups excluding carboxylic acids is 1. The molecule has 0 atom stereocenters. The Hall–Kier alpha value is -1.40. The first kappa shape index (κ1) is 16.0. The van der Waals surface area contributed by atoms with Gasteiger partial charge in [-0.3, -0.25) is 9.59 Å². The lowest BCUT2D eigenvalue weighted by Crippen LogP contribution is -2.33. The van der Waals surface area contributed by atoms with Crippen LogP contribution in [0.2, 0.25) is 0 Å². The summed E-state index contributed by atoms with van der Waals surface area (Å²) in [6.45, 7) is 0.682. The van der Waals surface area contributed by atoms with Crippen molar-refractivity contribution in [3.8, 4) is 0 Å². The average molecular weight is 311 g/mol. The molecule has 0 saturated heterocycles. The van der Waals surface area contributed by atoms with E-state index >= 15 is 0 Å². The van der Waals surface area contributed by atoms with Gasteiger partial charge in [0.1, 0.15) is 6.61 Å². The smallest absolute Gasteiger partial charge is 0.306 e. The molecule has 1 aromatic heterocycles. The molecule has 0 spiro atoms. The summed E-state index contributed by atoms with van der Waals surface area (Å²) in [5.74, 6) is -1.07. The van der Waals surface area contributed by atoms with Gasteiger partial charge in [0.2, 0.25) is 5.91 Å². The Labute approximate surface area is 128 Å². The molecule has 1 heterocycles. The molecule has 0 aliphatic heterocycles. The van der Waals surface area contributed by atoms with Crippen LogP contribution in [-0.2, 0) is 20.7 Å². The van der Waals surface area contributed by atoms with Gasteiger partial charge in [0.25, 0.3) is 0 Å². The van der Waals surface area contributed by atoms with Crippen LogP contribution in [0.4, 0.5) is 0 Å². The summed E-state index contributed by atoms with van der Waals surface area (Å²) in [4.78, 5) is 23.8. The Morgan fingerprint density at radius 3 is 2.71 bits per heavy atom. The number of hydrogen-bond donors (Lipinski definition) is 2. The zero-order valence-electron chi connectivity index (χ0n) is 11.9. The summed E-state index contributed by atoms with van der Waals surface area (Å²) in [5.41, 5.74) is 0. The van der Waals surface area contributed by atoms with E-state index in [0.29, 0.717) is 19.4 Å². The number of carboxylic acid groups (broad SMARTS) is 1. The molecule has 6 heteroatoms. The molecular weight excluding hydrogens is 290 g/mol. The largest absolute Gasteiger partial charge is 0.481 e. The maximum absolute atomic E-state index is 11.7. The quantitative estimate of drug-likeness (QED) is 0.808. The zero-order chi connectivity index (χ0) is 15.1. The number of ether oxygens (including phenoxy) is 1. The Morgan fingerprint density at radius 2 is 2.10 bits per heavy atom. The minimum Gasteiger partial charge on any atom is -0.481 e. The van der Waals surface area contributed by atoms with Crippen LogP contribution >= 0.6 is 11.3 Å².